The molecule has 0 saturated carbocycles. The van der Waals surface area contributed by atoms with Gasteiger partial charge in [0, 0.05) is 0 Å². The zero-order valence-electron chi connectivity index (χ0n) is 7.39. The molecular weight excluding hydrogens is 156 g/mol. The number of imide groups is 1. The van der Waals surface area contributed by atoms with Gasteiger partial charge in [-0.05, 0) is 11.5 Å². The lowest BCUT2D eigenvalue weighted by molar-refractivity contribution is -0.115. The smallest absolute Gasteiger partial charge is 0.303 e. The standard InChI is InChI=1S/C8H12N2O2/c1-8(2,3)4-5-6(11)10-7(12)9-5/h4H,1-3H3,(H2,9,10,11,12)/b5-4-. The molecule has 1 fully saturated rings. The molecule has 1 aliphatic rings. The van der Waals surface area contributed by atoms with Crippen LogP contribution in [0.5, 0.6) is 0 Å². The van der Waals surface area contributed by atoms with Gasteiger partial charge in [-0.2, -0.15) is 0 Å². The molecule has 4 nitrogen and oxygen atoms in total. The lowest BCUT2D eigenvalue weighted by Gasteiger charge is -2.11. The normalized spacial score (nSPS) is 21.1. The molecule has 0 aromatic carbocycles. The first-order chi connectivity index (χ1) is 5.38. The number of rotatable bonds is 0. The Labute approximate surface area is 71.0 Å². The van der Waals surface area contributed by atoms with Crippen molar-refractivity contribution in [3.05, 3.63) is 11.8 Å². The number of carbonyl (C=O) groups excluding carboxylic acids is 2. The molecule has 0 aliphatic carbocycles. The molecule has 2 N–H and O–H groups in total. The second-order valence-electron chi connectivity index (χ2n) is 3.83. The van der Waals surface area contributed by atoms with Gasteiger partial charge in [0.2, 0.25) is 0 Å². The minimum atomic E-state index is -0.449. The molecule has 0 radical (unpaired) electrons. The van der Waals surface area contributed by atoms with Crippen molar-refractivity contribution >= 4 is 11.9 Å². The van der Waals surface area contributed by atoms with E-state index in [1.165, 1.54) is 0 Å². The van der Waals surface area contributed by atoms with E-state index in [0.29, 0.717) is 5.70 Å². The molecule has 1 saturated heterocycles. The summed E-state index contributed by atoms with van der Waals surface area (Å²) in [6.45, 7) is 5.87. The number of carbonyl (C=O) groups is 2. The molecule has 12 heavy (non-hydrogen) atoms. The zero-order valence-corrected chi connectivity index (χ0v) is 7.39. The van der Waals surface area contributed by atoms with Crippen molar-refractivity contribution < 1.29 is 9.59 Å². The minimum Gasteiger partial charge on any atom is -0.303 e. The molecule has 0 aromatic rings. The van der Waals surface area contributed by atoms with Crippen molar-refractivity contribution in [2.45, 2.75) is 20.8 Å². The van der Waals surface area contributed by atoms with Crippen LogP contribution < -0.4 is 10.6 Å². The predicted molar refractivity (Wildman–Crippen MR) is 44.2 cm³/mol. The van der Waals surface area contributed by atoms with Gasteiger partial charge in [-0.1, -0.05) is 20.8 Å². The van der Waals surface area contributed by atoms with E-state index in [-0.39, 0.29) is 11.3 Å². The number of hydrogen-bond donors (Lipinski definition) is 2. The van der Waals surface area contributed by atoms with Crippen molar-refractivity contribution in [1.82, 2.24) is 10.6 Å². The Morgan fingerprint density at radius 3 is 2.08 bits per heavy atom. The van der Waals surface area contributed by atoms with Gasteiger partial charge in [-0.15, -0.1) is 0 Å². The predicted octanol–water partition coefficient (Wildman–Crippen LogP) is 0.756. The van der Waals surface area contributed by atoms with Crippen molar-refractivity contribution in [3.8, 4) is 0 Å². The molecule has 0 aromatic heterocycles. The van der Waals surface area contributed by atoms with E-state index in [2.05, 4.69) is 10.6 Å². The van der Waals surface area contributed by atoms with E-state index in [0.717, 1.165) is 0 Å². The molecular formula is C8H12N2O2. The van der Waals surface area contributed by atoms with Gasteiger partial charge in [0.25, 0.3) is 5.91 Å². The Morgan fingerprint density at radius 2 is 1.75 bits per heavy atom. The zero-order chi connectivity index (χ0) is 9.35. The molecule has 1 heterocycles. The first-order valence-electron chi connectivity index (χ1n) is 3.74. The Morgan fingerprint density at radius 1 is 1.17 bits per heavy atom. The number of urea groups is 1. The quantitative estimate of drug-likeness (QED) is 0.414. The van der Waals surface area contributed by atoms with Crippen LogP contribution in [-0.4, -0.2) is 11.9 Å². The fourth-order valence-electron chi connectivity index (χ4n) is 0.915. The first kappa shape index (κ1) is 8.77. The Bertz CT molecular complexity index is 261. The monoisotopic (exact) mass is 168 g/mol. The highest BCUT2D eigenvalue weighted by atomic mass is 16.2. The van der Waals surface area contributed by atoms with Crippen LogP contribution in [0.25, 0.3) is 0 Å². The van der Waals surface area contributed by atoms with Gasteiger partial charge in [0.1, 0.15) is 5.70 Å². The van der Waals surface area contributed by atoms with Crippen LogP contribution in [0.1, 0.15) is 20.8 Å². The summed E-state index contributed by atoms with van der Waals surface area (Å²) in [4.78, 5) is 21.7. The van der Waals surface area contributed by atoms with Crippen LogP contribution in [0, 0.1) is 5.41 Å². The lowest BCUT2D eigenvalue weighted by Crippen LogP contribution is -2.22. The minimum absolute atomic E-state index is 0.107. The highest BCUT2D eigenvalue weighted by Crippen LogP contribution is 2.17. The second-order valence-corrected chi connectivity index (χ2v) is 3.83. The Hall–Kier alpha value is -1.32. The summed E-state index contributed by atoms with van der Waals surface area (Å²) in [7, 11) is 0. The van der Waals surface area contributed by atoms with Gasteiger partial charge >= 0.3 is 6.03 Å². The van der Waals surface area contributed by atoms with Crippen LogP contribution in [0.3, 0.4) is 0 Å². The maximum absolute atomic E-state index is 11.0. The van der Waals surface area contributed by atoms with Gasteiger partial charge in [0.15, 0.2) is 0 Å². The number of nitrogens with one attached hydrogen (secondary N) is 2. The average molecular weight is 168 g/mol. The highest BCUT2D eigenvalue weighted by molar-refractivity contribution is 6.11. The van der Waals surface area contributed by atoms with Gasteiger partial charge in [-0.3, -0.25) is 10.1 Å². The molecule has 4 heteroatoms. The van der Waals surface area contributed by atoms with Crippen molar-refractivity contribution in [2.24, 2.45) is 5.41 Å². The molecule has 0 spiro atoms. The molecule has 1 aliphatic heterocycles. The highest BCUT2D eigenvalue weighted by Gasteiger charge is 2.24. The average Bonchev–Trinajstić information content (AvgIpc) is 2.06. The Kier molecular flexibility index (Phi) is 1.92. The molecule has 3 amide bonds. The van der Waals surface area contributed by atoms with Gasteiger partial charge in [-0.25, -0.2) is 4.79 Å². The van der Waals surface area contributed by atoms with Crippen LogP contribution in [0.2, 0.25) is 0 Å². The van der Waals surface area contributed by atoms with Gasteiger partial charge in [0.05, 0.1) is 0 Å². The van der Waals surface area contributed by atoms with Crippen molar-refractivity contribution in [3.63, 3.8) is 0 Å². The van der Waals surface area contributed by atoms with E-state index >= 15 is 0 Å². The summed E-state index contributed by atoms with van der Waals surface area (Å²) in [6, 6.07) is -0.449. The number of allylic oxidation sites excluding steroid dienone is 1. The maximum Gasteiger partial charge on any atom is 0.326 e. The largest absolute Gasteiger partial charge is 0.326 e. The van der Waals surface area contributed by atoms with Crippen LogP contribution in [-0.2, 0) is 4.79 Å². The van der Waals surface area contributed by atoms with Crippen LogP contribution >= 0.6 is 0 Å². The Balaban J connectivity index is 2.84. The number of amides is 3. The first-order valence-corrected chi connectivity index (χ1v) is 3.74. The van der Waals surface area contributed by atoms with Crippen LogP contribution in [0.15, 0.2) is 11.8 Å². The summed E-state index contributed by atoms with van der Waals surface area (Å²) >= 11 is 0. The van der Waals surface area contributed by atoms with E-state index < -0.39 is 6.03 Å². The third kappa shape index (κ3) is 2.08. The third-order valence-electron chi connectivity index (χ3n) is 1.30. The lowest BCUT2D eigenvalue weighted by atomic mass is 9.95. The van der Waals surface area contributed by atoms with Crippen molar-refractivity contribution in [2.75, 3.05) is 0 Å². The fourth-order valence-corrected chi connectivity index (χ4v) is 0.915. The third-order valence-corrected chi connectivity index (χ3v) is 1.30. The fraction of sp³-hybridized carbons (Fsp3) is 0.500. The topological polar surface area (TPSA) is 58.2 Å². The molecule has 0 atom stereocenters. The van der Waals surface area contributed by atoms with E-state index in [9.17, 15) is 9.59 Å². The molecule has 66 valence electrons. The van der Waals surface area contributed by atoms with Gasteiger partial charge < -0.3 is 5.32 Å². The van der Waals surface area contributed by atoms with Crippen LogP contribution in [0.4, 0.5) is 4.79 Å². The molecule has 1 rings (SSSR count). The maximum atomic E-state index is 11.0. The van der Waals surface area contributed by atoms with E-state index in [1.54, 1.807) is 6.08 Å². The summed E-state index contributed by atoms with van der Waals surface area (Å²) < 4.78 is 0. The summed E-state index contributed by atoms with van der Waals surface area (Å²) in [5.74, 6) is -0.352. The summed E-state index contributed by atoms with van der Waals surface area (Å²) in [5.41, 5.74) is 0.233. The SMILES string of the molecule is CC(C)(C)/C=C1\NC(=O)NC1=O. The second kappa shape index (κ2) is 2.62. The van der Waals surface area contributed by atoms with Crippen molar-refractivity contribution in [1.29, 1.82) is 0 Å². The number of hydrogen-bond acceptors (Lipinski definition) is 2. The van der Waals surface area contributed by atoms with E-state index in [1.807, 2.05) is 20.8 Å². The van der Waals surface area contributed by atoms with E-state index in [4.69, 9.17) is 0 Å². The molecule has 0 unspecified atom stereocenters. The summed E-state index contributed by atoms with van der Waals surface area (Å²) in [5, 5.41) is 4.55. The molecule has 0 bridgehead atoms. The summed E-state index contributed by atoms with van der Waals surface area (Å²) in [6.07, 6.45) is 1.73.